The van der Waals surface area contributed by atoms with Crippen molar-refractivity contribution in [1.29, 1.82) is 0 Å². The lowest BCUT2D eigenvalue weighted by Gasteiger charge is -2.38. The average Bonchev–Trinajstić information content (AvgIpc) is 3.32. The molecule has 2 aromatic carbocycles. The largest absolute Gasteiger partial charge is 0.496 e. The van der Waals surface area contributed by atoms with Crippen molar-refractivity contribution in [3.05, 3.63) is 82.6 Å². The third kappa shape index (κ3) is 4.81. The Morgan fingerprint density at radius 2 is 1.83 bits per heavy atom. The molecule has 188 valence electrons. The second kappa shape index (κ2) is 10.1. The van der Waals surface area contributed by atoms with Crippen LogP contribution in [0.2, 0.25) is 5.02 Å². The first-order valence-electron chi connectivity index (χ1n) is 12.4. The zero-order valence-corrected chi connectivity index (χ0v) is 21.8. The zero-order valence-electron chi connectivity index (χ0n) is 21.1. The quantitative estimate of drug-likeness (QED) is 0.329. The number of imidazole rings is 1. The number of nitrogens with two attached hydrogens (primary N) is 1. The molecule has 4 aromatic rings. The van der Waals surface area contributed by atoms with Gasteiger partial charge in [-0.25, -0.2) is 4.98 Å². The number of hydrogen-bond acceptors (Lipinski definition) is 5. The van der Waals surface area contributed by atoms with E-state index in [-0.39, 0.29) is 5.54 Å². The number of aromatic nitrogens is 2. The van der Waals surface area contributed by atoms with Gasteiger partial charge in [-0.1, -0.05) is 35.9 Å². The van der Waals surface area contributed by atoms with Crippen molar-refractivity contribution in [1.82, 2.24) is 14.7 Å². The number of fused-ring (bicyclic) bond motifs is 1. The van der Waals surface area contributed by atoms with Gasteiger partial charge >= 0.3 is 0 Å². The third-order valence-electron chi connectivity index (χ3n) is 7.51. The van der Waals surface area contributed by atoms with Crippen LogP contribution >= 0.6 is 11.6 Å². The Kier molecular flexibility index (Phi) is 6.93. The molecule has 1 saturated carbocycles. The number of halogens is 1. The van der Waals surface area contributed by atoms with E-state index >= 15 is 0 Å². The number of pyridine rings is 1. The molecule has 0 saturated heterocycles. The molecule has 0 aliphatic heterocycles. The van der Waals surface area contributed by atoms with Gasteiger partial charge in [0.1, 0.15) is 17.1 Å². The van der Waals surface area contributed by atoms with E-state index < -0.39 is 0 Å². The molecule has 0 unspecified atom stereocenters. The molecular formula is C29H33ClN4O2. The molecule has 1 fully saturated rings. The fraction of sp³-hybridized carbons (Fsp3) is 0.345. The highest BCUT2D eigenvalue weighted by Crippen LogP contribution is 2.39. The molecule has 0 bridgehead atoms. The smallest absolute Gasteiger partial charge is 0.141 e. The molecule has 2 heterocycles. The van der Waals surface area contributed by atoms with Gasteiger partial charge in [0.15, 0.2) is 0 Å². The van der Waals surface area contributed by atoms with Crippen molar-refractivity contribution < 1.29 is 9.47 Å². The van der Waals surface area contributed by atoms with E-state index in [1.54, 1.807) is 20.3 Å². The maximum absolute atomic E-state index is 6.96. The molecule has 5 rings (SSSR count). The lowest BCUT2D eigenvalue weighted by atomic mass is 9.76. The minimum absolute atomic E-state index is 0.351. The summed E-state index contributed by atoms with van der Waals surface area (Å²) in [5, 5.41) is 4.25. The van der Waals surface area contributed by atoms with E-state index in [1.165, 1.54) is 11.1 Å². The van der Waals surface area contributed by atoms with Crippen LogP contribution in [-0.2, 0) is 12.1 Å². The van der Waals surface area contributed by atoms with E-state index in [1.807, 2.05) is 22.9 Å². The predicted octanol–water partition coefficient (Wildman–Crippen LogP) is 5.87. The summed E-state index contributed by atoms with van der Waals surface area (Å²) in [6.45, 7) is 3.07. The van der Waals surface area contributed by atoms with Gasteiger partial charge in [0, 0.05) is 42.1 Å². The Morgan fingerprint density at radius 3 is 2.56 bits per heavy atom. The summed E-state index contributed by atoms with van der Waals surface area (Å²) in [5.41, 5.74) is 12.9. The molecule has 0 amide bonds. The topological polar surface area (TPSA) is 73.8 Å². The van der Waals surface area contributed by atoms with Crippen molar-refractivity contribution >= 4 is 17.2 Å². The number of nitrogens with one attached hydrogen (secondary N) is 1. The summed E-state index contributed by atoms with van der Waals surface area (Å²) in [6.07, 6.45) is 7.99. The number of ether oxygens (including phenoxy) is 2. The number of methoxy groups -OCH3 is 2. The van der Waals surface area contributed by atoms with Crippen molar-refractivity contribution in [2.75, 3.05) is 14.2 Å². The van der Waals surface area contributed by atoms with Crippen LogP contribution in [0.3, 0.4) is 0 Å². The Hall–Kier alpha value is -3.06. The lowest BCUT2D eigenvalue weighted by molar-refractivity contribution is 0.251. The Balaban J connectivity index is 1.32. The number of hydrogen-bond donors (Lipinski definition) is 2. The SMILES string of the molecule is COc1cc(OC)c(-c2cn3ccc(C4(N)CCC(NCc5ccccc5C)CC4)cc3n2)cc1Cl. The maximum atomic E-state index is 6.96. The number of rotatable bonds is 7. The van der Waals surface area contributed by atoms with Crippen molar-refractivity contribution in [2.45, 2.75) is 50.7 Å². The van der Waals surface area contributed by atoms with E-state index in [0.717, 1.165) is 54.7 Å². The monoisotopic (exact) mass is 504 g/mol. The summed E-state index contributed by atoms with van der Waals surface area (Å²) < 4.78 is 12.9. The maximum Gasteiger partial charge on any atom is 0.141 e. The van der Waals surface area contributed by atoms with Crippen LogP contribution in [0.15, 0.2) is 60.9 Å². The van der Waals surface area contributed by atoms with E-state index in [0.29, 0.717) is 22.6 Å². The summed E-state index contributed by atoms with van der Waals surface area (Å²) in [5.74, 6) is 1.23. The second-order valence-corrected chi connectivity index (χ2v) is 10.1. The molecule has 7 heteroatoms. The average molecular weight is 505 g/mol. The van der Waals surface area contributed by atoms with Crippen LogP contribution in [0.4, 0.5) is 0 Å². The third-order valence-corrected chi connectivity index (χ3v) is 7.80. The van der Waals surface area contributed by atoms with E-state index in [2.05, 4.69) is 48.6 Å². The van der Waals surface area contributed by atoms with Crippen molar-refractivity contribution in [3.8, 4) is 22.8 Å². The van der Waals surface area contributed by atoms with Gasteiger partial charge in [-0.3, -0.25) is 0 Å². The molecule has 36 heavy (non-hydrogen) atoms. The molecule has 0 spiro atoms. The predicted molar refractivity (Wildman–Crippen MR) is 145 cm³/mol. The highest BCUT2D eigenvalue weighted by atomic mass is 35.5. The van der Waals surface area contributed by atoms with Gasteiger partial charge in [-0.05, 0) is 67.5 Å². The van der Waals surface area contributed by atoms with Crippen LogP contribution in [0.1, 0.15) is 42.4 Å². The summed E-state index contributed by atoms with van der Waals surface area (Å²) >= 11 is 6.39. The highest BCUT2D eigenvalue weighted by Gasteiger charge is 2.33. The number of benzene rings is 2. The normalized spacial score (nSPS) is 20.0. The molecule has 3 N–H and O–H groups in total. The van der Waals surface area contributed by atoms with Gasteiger partial charge in [-0.2, -0.15) is 0 Å². The van der Waals surface area contributed by atoms with Gasteiger partial charge in [-0.15, -0.1) is 0 Å². The number of nitrogens with zero attached hydrogens (tertiary/aromatic N) is 2. The molecule has 6 nitrogen and oxygen atoms in total. The number of aryl methyl sites for hydroxylation is 1. The molecule has 0 atom stereocenters. The standard InChI is InChI=1S/C29H33ClN4O2/c1-19-6-4-5-7-20(19)17-32-22-8-11-29(31,12-9-22)21-10-13-34-18-25(33-28(34)14-21)23-15-24(30)27(36-3)16-26(23)35-2/h4-7,10,13-16,18,22,32H,8-9,11-12,17,31H2,1-3H3. The summed E-state index contributed by atoms with van der Waals surface area (Å²) in [7, 11) is 3.22. The van der Waals surface area contributed by atoms with Gasteiger partial charge in [0.25, 0.3) is 0 Å². The lowest BCUT2D eigenvalue weighted by Crippen LogP contribution is -2.45. The van der Waals surface area contributed by atoms with Crippen molar-refractivity contribution in [3.63, 3.8) is 0 Å². The Labute approximate surface area is 217 Å². The van der Waals surface area contributed by atoms with Crippen LogP contribution < -0.4 is 20.5 Å². The van der Waals surface area contributed by atoms with Crippen LogP contribution in [0.25, 0.3) is 16.9 Å². The fourth-order valence-electron chi connectivity index (χ4n) is 5.17. The summed E-state index contributed by atoms with van der Waals surface area (Å²) in [6, 6.07) is 16.9. The minimum Gasteiger partial charge on any atom is -0.496 e. The Morgan fingerprint density at radius 1 is 1.08 bits per heavy atom. The first kappa shape index (κ1) is 24.6. The van der Waals surface area contributed by atoms with Crippen LogP contribution in [0, 0.1) is 6.92 Å². The molecule has 2 aromatic heterocycles. The van der Waals surface area contributed by atoms with Crippen molar-refractivity contribution in [2.24, 2.45) is 5.73 Å². The minimum atomic E-state index is -0.351. The summed E-state index contributed by atoms with van der Waals surface area (Å²) in [4.78, 5) is 4.88. The first-order valence-corrected chi connectivity index (χ1v) is 12.8. The van der Waals surface area contributed by atoms with Crippen LogP contribution in [0.5, 0.6) is 11.5 Å². The molecule has 0 radical (unpaired) electrons. The molecule has 1 aliphatic rings. The zero-order chi connectivity index (χ0) is 25.3. The van der Waals surface area contributed by atoms with Crippen LogP contribution in [-0.4, -0.2) is 29.6 Å². The van der Waals surface area contributed by atoms with Gasteiger partial charge < -0.3 is 24.9 Å². The Bertz CT molecular complexity index is 1380. The van der Waals surface area contributed by atoms with E-state index in [4.69, 9.17) is 31.8 Å². The fourth-order valence-corrected chi connectivity index (χ4v) is 5.41. The van der Waals surface area contributed by atoms with Gasteiger partial charge in [0.2, 0.25) is 0 Å². The van der Waals surface area contributed by atoms with Gasteiger partial charge in [0.05, 0.1) is 24.9 Å². The highest BCUT2D eigenvalue weighted by molar-refractivity contribution is 6.32. The van der Waals surface area contributed by atoms with E-state index in [9.17, 15) is 0 Å². The first-order chi connectivity index (χ1) is 17.4. The molecule has 1 aliphatic carbocycles. The second-order valence-electron chi connectivity index (χ2n) is 9.73. The molecular weight excluding hydrogens is 472 g/mol.